The number of aliphatic imine (C=N–C) groups is 1. The zero-order chi connectivity index (χ0) is 13.1. The zero-order valence-electron chi connectivity index (χ0n) is 10.4. The van der Waals surface area contributed by atoms with Crippen molar-refractivity contribution in [1.82, 2.24) is 4.98 Å². The van der Waals surface area contributed by atoms with E-state index in [0.717, 1.165) is 27.7 Å². The van der Waals surface area contributed by atoms with Crippen molar-refractivity contribution < 1.29 is 0 Å². The summed E-state index contributed by atoms with van der Waals surface area (Å²) in [6.45, 7) is 1.99. The van der Waals surface area contributed by atoms with Crippen molar-refractivity contribution in [2.24, 2.45) is 10.7 Å². The molecule has 0 aliphatic heterocycles. The number of allylic oxidation sites excluding steroid dienone is 1. The van der Waals surface area contributed by atoms with E-state index in [1.54, 1.807) is 13.3 Å². The van der Waals surface area contributed by atoms with Crippen LogP contribution in [0, 0.1) is 18.3 Å². The van der Waals surface area contributed by atoms with Gasteiger partial charge in [0.25, 0.3) is 0 Å². The van der Waals surface area contributed by atoms with Crippen LogP contribution in [0.5, 0.6) is 0 Å². The van der Waals surface area contributed by atoms with Gasteiger partial charge < -0.3 is 10.7 Å². The quantitative estimate of drug-likeness (QED) is 0.788. The summed E-state index contributed by atoms with van der Waals surface area (Å²) in [6.07, 6.45) is 3.12. The van der Waals surface area contributed by atoms with Crippen LogP contribution in [0.15, 0.2) is 29.4 Å². The second kappa shape index (κ2) is 4.76. The van der Waals surface area contributed by atoms with Crippen LogP contribution >= 0.6 is 0 Å². The number of aryl methyl sites for hydroxylation is 1. The molecule has 3 N–H and O–H groups in total. The van der Waals surface area contributed by atoms with Crippen LogP contribution in [0.3, 0.4) is 0 Å². The fourth-order valence-electron chi connectivity index (χ4n) is 2.00. The summed E-state index contributed by atoms with van der Waals surface area (Å²) in [5, 5.41) is 10.3. The normalized spacial score (nSPS) is 12.2. The molecule has 0 aliphatic rings. The second-order valence-electron chi connectivity index (χ2n) is 4.06. The Kier molecular flexibility index (Phi) is 3.16. The van der Waals surface area contributed by atoms with Crippen LogP contribution in [0.2, 0.25) is 0 Å². The number of H-pyrrole nitrogens is 1. The Morgan fingerprint density at radius 1 is 1.44 bits per heavy atom. The first-order chi connectivity index (χ1) is 8.69. The summed E-state index contributed by atoms with van der Waals surface area (Å²) < 4.78 is 0. The van der Waals surface area contributed by atoms with Crippen LogP contribution in [-0.4, -0.2) is 18.2 Å². The van der Waals surface area contributed by atoms with E-state index in [0.29, 0.717) is 5.56 Å². The lowest BCUT2D eigenvalue weighted by molar-refractivity contribution is 1.30. The number of nitrogens with two attached hydrogens (primary N) is 1. The minimum Gasteiger partial charge on any atom is -0.404 e. The van der Waals surface area contributed by atoms with Gasteiger partial charge in [0.05, 0.1) is 11.6 Å². The minimum atomic E-state index is 0.584. The van der Waals surface area contributed by atoms with E-state index in [1.807, 2.05) is 25.1 Å². The molecule has 0 saturated heterocycles. The predicted octanol–water partition coefficient (Wildman–Crippen LogP) is 2.35. The van der Waals surface area contributed by atoms with Crippen LogP contribution in [0.4, 0.5) is 0 Å². The number of aromatic amines is 1. The molecule has 2 rings (SSSR count). The van der Waals surface area contributed by atoms with Gasteiger partial charge in [0.2, 0.25) is 0 Å². The topological polar surface area (TPSA) is 78.0 Å². The Hall–Kier alpha value is -2.54. The van der Waals surface area contributed by atoms with Crippen molar-refractivity contribution in [2.45, 2.75) is 6.92 Å². The van der Waals surface area contributed by atoms with E-state index in [-0.39, 0.29) is 0 Å². The highest BCUT2D eigenvalue weighted by atomic mass is 14.7. The number of aromatic nitrogens is 1. The molecule has 1 aromatic carbocycles. The maximum atomic E-state index is 9.22. The van der Waals surface area contributed by atoms with Gasteiger partial charge in [0.15, 0.2) is 0 Å². The summed E-state index contributed by atoms with van der Waals surface area (Å²) in [6, 6.07) is 8.03. The number of benzene rings is 1. The Balaban J connectivity index is 2.72. The van der Waals surface area contributed by atoms with Crippen molar-refractivity contribution >= 4 is 22.7 Å². The first kappa shape index (κ1) is 11.9. The smallest absolute Gasteiger partial charge is 0.0998 e. The minimum absolute atomic E-state index is 0.584. The predicted molar refractivity (Wildman–Crippen MR) is 74.3 cm³/mol. The van der Waals surface area contributed by atoms with Gasteiger partial charge in [-0.3, -0.25) is 4.99 Å². The second-order valence-corrected chi connectivity index (χ2v) is 4.06. The van der Waals surface area contributed by atoms with Gasteiger partial charge in [-0.25, -0.2) is 0 Å². The Labute approximate surface area is 105 Å². The Morgan fingerprint density at radius 3 is 2.83 bits per heavy atom. The molecule has 1 heterocycles. The SMILES string of the molecule is CN=CC(=CN)c1cc2cc(C)[nH]c2cc1C#N. The summed E-state index contributed by atoms with van der Waals surface area (Å²) >= 11 is 0. The number of nitrogens with one attached hydrogen (secondary N) is 1. The van der Waals surface area contributed by atoms with Crippen molar-refractivity contribution in [3.8, 4) is 6.07 Å². The number of hydrogen-bond donors (Lipinski definition) is 2. The number of fused-ring (bicyclic) bond motifs is 1. The number of nitrogens with zero attached hydrogens (tertiary/aromatic N) is 2. The molecule has 1 aromatic heterocycles. The van der Waals surface area contributed by atoms with Gasteiger partial charge in [0, 0.05) is 47.2 Å². The van der Waals surface area contributed by atoms with Crippen LogP contribution in [0.25, 0.3) is 16.5 Å². The van der Waals surface area contributed by atoms with Gasteiger partial charge in [-0.15, -0.1) is 0 Å². The van der Waals surface area contributed by atoms with Crippen molar-refractivity contribution in [3.63, 3.8) is 0 Å². The Bertz CT molecular complexity index is 684. The average Bonchev–Trinajstić information content (AvgIpc) is 2.73. The summed E-state index contributed by atoms with van der Waals surface area (Å²) in [5.74, 6) is 0. The lowest BCUT2D eigenvalue weighted by Crippen LogP contribution is -1.95. The molecule has 4 nitrogen and oxygen atoms in total. The standard InChI is InChI=1S/C14H14N4/c1-9-3-10-4-13(12(7-16)8-17-2)11(6-15)5-14(10)18-9/h3-5,7-8,18H,16H2,1-2H3. The van der Waals surface area contributed by atoms with Gasteiger partial charge in [-0.2, -0.15) is 5.26 Å². The summed E-state index contributed by atoms with van der Waals surface area (Å²) in [5.41, 5.74) is 9.75. The van der Waals surface area contributed by atoms with Gasteiger partial charge in [-0.1, -0.05) is 0 Å². The van der Waals surface area contributed by atoms with E-state index in [2.05, 4.69) is 16.0 Å². The van der Waals surface area contributed by atoms with E-state index < -0.39 is 0 Å². The maximum absolute atomic E-state index is 9.22. The molecule has 0 atom stereocenters. The third-order valence-electron chi connectivity index (χ3n) is 2.77. The zero-order valence-corrected chi connectivity index (χ0v) is 10.4. The number of nitriles is 1. The van der Waals surface area contributed by atoms with E-state index in [1.165, 1.54) is 6.20 Å². The molecule has 0 aliphatic carbocycles. The Morgan fingerprint density at radius 2 is 2.22 bits per heavy atom. The van der Waals surface area contributed by atoms with Gasteiger partial charge in [-0.05, 0) is 25.1 Å². The lowest BCUT2D eigenvalue weighted by atomic mass is 9.99. The van der Waals surface area contributed by atoms with Crippen molar-refractivity contribution in [2.75, 3.05) is 7.05 Å². The highest BCUT2D eigenvalue weighted by Gasteiger charge is 2.09. The molecular formula is C14H14N4. The molecule has 4 heteroatoms. The largest absolute Gasteiger partial charge is 0.404 e. The first-order valence-electron chi connectivity index (χ1n) is 5.57. The molecule has 90 valence electrons. The third kappa shape index (κ3) is 1.98. The molecule has 0 saturated carbocycles. The van der Waals surface area contributed by atoms with Gasteiger partial charge in [0.1, 0.15) is 0 Å². The molecule has 0 amide bonds. The first-order valence-corrected chi connectivity index (χ1v) is 5.57. The molecule has 2 aromatic rings. The van der Waals surface area contributed by atoms with Crippen LogP contribution in [-0.2, 0) is 0 Å². The molecule has 0 fully saturated rings. The van der Waals surface area contributed by atoms with Crippen molar-refractivity contribution in [3.05, 3.63) is 41.2 Å². The molecule has 18 heavy (non-hydrogen) atoms. The monoisotopic (exact) mass is 238 g/mol. The van der Waals surface area contributed by atoms with Crippen LogP contribution in [0.1, 0.15) is 16.8 Å². The number of rotatable bonds is 2. The fourth-order valence-corrected chi connectivity index (χ4v) is 2.00. The van der Waals surface area contributed by atoms with E-state index in [9.17, 15) is 5.26 Å². The highest BCUT2D eigenvalue weighted by Crippen LogP contribution is 2.24. The van der Waals surface area contributed by atoms with Crippen molar-refractivity contribution in [1.29, 1.82) is 5.26 Å². The van der Waals surface area contributed by atoms with Gasteiger partial charge >= 0.3 is 0 Å². The molecule has 0 bridgehead atoms. The third-order valence-corrected chi connectivity index (χ3v) is 2.77. The fraction of sp³-hybridized carbons (Fsp3) is 0.143. The summed E-state index contributed by atoms with van der Waals surface area (Å²) in [4.78, 5) is 7.17. The molecule has 0 spiro atoms. The van der Waals surface area contributed by atoms with Crippen LogP contribution < -0.4 is 5.73 Å². The van der Waals surface area contributed by atoms with E-state index >= 15 is 0 Å². The number of hydrogen-bond acceptors (Lipinski definition) is 3. The molecular weight excluding hydrogens is 224 g/mol. The summed E-state index contributed by atoms with van der Waals surface area (Å²) in [7, 11) is 1.68. The average molecular weight is 238 g/mol. The van der Waals surface area contributed by atoms with E-state index in [4.69, 9.17) is 5.73 Å². The highest BCUT2D eigenvalue weighted by molar-refractivity contribution is 6.11. The molecule has 0 unspecified atom stereocenters. The maximum Gasteiger partial charge on any atom is 0.0998 e. The lowest BCUT2D eigenvalue weighted by Gasteiger charge is -2.04. The molecule has 0 radical (unpaired) electrons.